The third-order valence-electron chi connectivity index (χ3n) is 5.15. The van der Waals surface area contributed by atoms with Crippen LogP contribution in [0.4, 0.5) is 4.39 Å². The third-order valence-corrected chi connectivity index (χ3v) is 6.88. The van der Waals surface area contributed by atoms with Crippen molar-refractivity contribution < 1.29 is 22.4 Å². The van der Waals surface area contributed by atoms with Crippen molar-refractivity contribution in [2.75, 3.05) is 18.6 Å². The minimum absolute atomic E-state index is 0.227. The molecule has 2 rings (SSSR count). The number of benzene rings is 1. The maximum absolute atomic E-state index is 13.3. The fraction of sp³-hybridized carbons (Fsp3) is 0.579. The van der Waals surface area contributed by atoms with E-state index in [4.69, 9.17) is 0 Å². The summed E-state index contributed by atoms with van der Waals surface area (Å²) < 4.78 is 37.4. The van der Waals surface area contributed by atoms with Crippen LogP contribution in [0.15, 0.2) is 18.2 Å². The van der Waals surface area contributed by atoms with Gasteiger partial charge in [0.15, 0.2) is 9.84 Å². The molecular formula is C19H27FN2O4S. The molecule has 1 saturated heterocycles. The minimum atomic E-state index is -3.40. The first-order valence-corrected chi connectivity index (χ1v) is 10.9. The summed E-state index contributed by atoms with van der Waals surface area (Å²) in [5, 5.41) is 2.74. The van der Waals surface area contributed by atoms with Crippen LogP contribution in [0.5, 0.6) is 0 Å². The zero-order valence-electron chi connectivity index (χ0n) is 16.2. The molecule has 27 heavy (non-hydrogen) atoms. The molecule has 2 amide bonds. The molecule has 1 aromatic rings. The lowest BCUT2D eigenvalue weighted by atomic mass is 9.99. The number of amides is 2. The first-order chi connectivity index (χ1) is 12.5. The van der Waals surface area contributed by atoms with Crippen LogP contribution in [0.2, 0.25) is 0 Å². The summed E-state index contributed by atoms with van der Waals surface area (Å²) in [7, 11) is -1.81. The molecule has 0 saturated carbocycles. The van der Waals surface area contributed by atoms with E-state index in [9.17, 15) is 22.4 Å². The Morgan fingerprint density at radius 2 is 2.00 bits per heavy atom. The Balaban J connectivity index is 2.14. The van der Waals surface area contributed by atoms with Crippen molar-refractivity contribution in [2.45, 2.75) is 39.8 Å². The van der Waals surface area contributed by atoms with Crippen LogP contribution in [-0.4, -0.2) is 49.7 Å². The van der Waals surface area contributed by atoms with Crippen molar-refractivity contribution in [2.24, 2.45) is 11.8 Å². The van der Waals surface area contributed by atoms with Gasteiger partial charge in [-0.15, -0.1) is 0 Å². The predicted octanol–water partition coefficient (Wildman–Crippen LogP) is 1.67. The number of hydrogen-bond acceptors (Lipinski definition) is 4. The van der Waals surface area contributed by atoms with Crippen LogP contribution < -0.4 is 5.32 Å². The van der Waals surface area contributed by atoms with Crippen LogP contribution in [0, 0.1) is 24.6 Å². The van der Waals surface area contributed by atoms with Gasteiger partial charge in [-0.05, 0) is 36.6 Å². The van der Waals surface area contributed by atoms with Crippen LogP contribution in [-0.2, 0) is 26.0 Å². The molecule has 0 spiro atoms. The van der Waals surface area contributed by atoms with E-state index in [1.165, 1.54) is 17.0 Å². The summed E-state index contributed by atoms with van der Waals surface area (Å²) in [6.07, 6.45) is 0.633. The molecule has 8 heteroatoms. The molecule has 1 unspecified atom stereocenters. The van der Waals surface area contributed by atoms with E-state index in [-0.39, 0.29) is 41.6 Å². The summed E-state index contributed by atoms with van der Waals surface area (Å²) in [4.78, 5) is 26.5. The van der Waals surface area contributed by atoms with Gasteiger partial charge in [-0.25, -0.2) is 12.8 Å². The van der Waals surface area contributed by atoms with Crippen LogP contribution in [0.1, 0.15) is 31.4 Å². The lowest BCUT2D eigenvalue weighted by Crippen LogP contribution is -2.47. The number of carbonyl (C=O) groups excluding carboxylic acids is 2. The number of halogens is 1. The first-order valence-electron chi connectivity index (χ1n) is 9.05. The van der Waals surface area contributed by atoms with Gasteiger partial charge < -0.3 is 10.2 Å². The van der Waals surface area contributed by atoms with Gasteiger partial charge in [0.05, 0.1) is 23.5 Å². The predicted molar refractivity (Wildman–Crippen MR) is 101 cm³/mol. The fourth-order valence-electron chi connectivity index (χ4n) is 3.20. The Morgan fingerprint density at radius 1 is 1.33 bits per heavy atom. The Morgan fingerprint density at radius 3 is 2.59 bits per heavy atom. The van der Waals surface area contributed by atoms with Crippen LogP contribution >= 0.6 is 0 Å². The summed E-state index contributed by atoms with van der Waals surface area (Å²) >= 11 is 0. The molecule has 1 fully saturated rings. The maximum atomic E-state index is 13.3. The lowest BCUT2D eigenvalue weighted by Gasteiger charge is -2.26. The average molecular weight is 399 g/mol. The number of aryl methyl sites for hydroxylation is 1. The van der Waals surface area contributed by atoms with E-state index in [2.05, 4.69) is 5.32 Å². The van der Waals surface area contributed by atoms with E-state index >= 15 is 0 Å². The molecule has 1 aromatic carbocycles. The van der Waals surface area contributed by atoms with Gasteiger partial charge in [-0.3, -0.25) is 9.59 Å². The summed E-state index contributed by atoms with van der Waals surface area (Å²) in [5.74, 6) is -2.49. The quantitative estimate of drug-likeness (QED) is 0.790. The van der Waals surface area contributed by atoms with Gasteiger partial charge in [0, 0.05) is 19.5 Å². The summed E-state index contributed by atoms with van der Waals surface area (Å²) in [5.41, 5.74) is 1.50. The van der Waals surface area contributed by atoms with E-state index in [0.717, 1.165) is 11.1 Å². The van der Waals surface area contributed by atoms with Gasteiger partial charge in [0.2, 0.25) is 11.8 Å². The molecule has 0 bridgehead atoms. The summed E-state index contributed by atoms with van der Waals surface area (Å²) in [6, 6.07) is 3.61. The third kappa shape index (κ3) is 5.28. The van der Waals surface area contributed by atoms with Crippen molar-refractivity contribution in [3.05, 3.63) is 35.1 Å². The molecule has 150 valence electrons. The van der Waals surface area contributed by atoms with Crippen molar-refractivity contribution in [1.29, 1.82) is 0 Å². The second-order valence-corrected chi connectivity index (χ2v) is 9.53. The number of hydrogen-bond donors (Lipinski definition) is 1. The van der Waals surface area contributed by atoms with Gasteiger partial charge in [-0.1, -0.05) is 19.9 Å². The number of sulfone groups is 1. The van der Waals surface area contributed by atoms with Crippen molar-refractivity contribution >= 4 is 21.7 Å². The first kappa shape index (κ1) is 21.3. The monoisotopic (exact) mass is 398 g/mol. The number of nitrogens with zero attached hydrogens (tertiary/aromatic N) is 1. The Labute approximate surface area is 160 Å². The van der Waals surface area contributed by atoms with Crippen molar-refractivity contribution in [3.8, 4) is 0 Å². The zero-order chi connectivity index (χ0) is 20.4. The molecule has 1 N–H and O–H groups in total. The Bertz CT molecular complexity index is 825. The SMILES string of the molecule is CCC(C)C(=O)N[C@@H]1CS(=O)(=O)C[C@H]1C(=O)N(C)Cc1ccc(F)cc1C. The van der Waals surface area contributed by atoms with Gasteiger partial charge in [0.1, 0.15) is 5.82 Å². The highest BCUT2D eigenvalue weighted by Crippen LogP contribution is 2.23. The van der Waals surface area contributed by atoms with Gasteiger partial charge in [0.25, 0.3) is 0 Å². The minimum Gasteiger partial charge on any atom is -0.351 e. The molecule has 0 aromatic heterocycles. The molecule has 1 heterocycles. The molecule has 0 radical (unpaired) electrons. The zero-order valence-corrected chi connectivity index (χ0v) is 17.0. The van der Waals surface area contributed by atoms with Crippen molar-refractivity contribution in [3.63, 3.8) is 0 Å². The molecule has 1 aliphatic heterocycles. The van der Waals surface area contributed by atoms with Gasteiger partial charge in [-0.2, -0.15) is 0 Å². The highest BCUT2D eigenvalue weighted by atomic mass is 32.2. The van der Waals surface area contributed by atoms with Crippen LogP contribution in [0.3, 0.4) is 0 Å². The largest absolute Gasteiger partial charge is 0.351 e. The van der Waals surface area contributed by atoms with E-state index in [1.54, 1.807) is 27.0 Å². The molecule has 0 aliphatic carbocycles. The second kappa shape index (κ2) is 8.37. The van der Waals surface area contributed by atoms with Gasteiger partial charge >= 0.3 is 0 Å². The number of carbonyl (C=O) groups is 2. The number of nitrogens with one attached hydrogen (secondary N) is 1. The molecular weight excluding hydrogens is 371 g/mol. The van der Waals surface area contributed by atoms with E-state index in [0.29, 0.717) is 6.42 Å². The molecule has 6 nitrogen and oxygen atoms in total. The molecule has 3 atom stereocenters. The molecule has 1 aliphatic rings. The highest BCUT2D eigenvalue weighted by molar-refractivity contribution is 7.91. The van der Waals surface area contributed by atoms with Crippen molar-refractivity contribution in [1.82, 2.24) is 10.2 Å². The van der Waals surface area contributed by atoms with E-state index in [1.807, 2.05) is 6.92 Å². The smallest absolute Gasteiger partial charge is 0.228 e. The lowest BCUT2D eigenvalue weighted by molar-refractivity contribution is -0.135. The maximum Gasteiger partial charge on any atom is 0.228 e. The second-order valence-electron chi connectivity index (χ2n) is 7.37. The highest BCUT2D eigenvalue weighted by Gasteiger charge is 2.44. The normalized spacial score (nSPS) is 22.3. The van der Waals surface area contributed by atoms with Crippen LogP contribution in [0.25, 0.3) is 0 Å². The fourth-order valence-corrected chi connectivity index (χ4v) is 5.12. The van der Waals surface area contributed by atoms with E-state index < -0.39 is 21.8 Å². The standard InChI is InChI=1S/C19H27FN2O4S/c1-5-12(2)18(23)21-17-11-27(25,26)10-16(17)19(24)22(4)9-14-6-7-15(20)8-13(14)3/h6-8,12,16-17H,5,9-11H2,1-4H3,(H,21,23)/t12?,16-,17-/m1/s1. The summed E-state index contributed by atoms with van der Waals surface area (Å²) in [6.45, 7) is 5.63. The number of rotatable bonds is 6. The average Bonchev–Trinajstić information content (AvgIpc) is 2.89. The topological polar surface area (TPSA) is 83.5 Å². The Hall–Kier alpha value is -1.96. The Kier molecular flexibility index (Phi) is 6.62.